The van der Waals surface area contributed by atoms with Gasteiger partial charge in [-0.15, -0.1) is 0 Å². The summed E-state index contributed by atoms with van der Waals surface area (Å²) in [6.07, 6.45) is 0.353. The van der Waals surface area contributed by atoms with Crippen LogP contribution in [0.1, 0.15) is 23.7 Å². The zero-order valence-electron chi connectivity index (χ0n) is 13.9. The number of carbonyl (C=O) groups excluding carboxylic acids is 1. The number of nitrogens with one attached hydrogen (secondary N) is 1. The van der Waals surface area contributed by atoms with E-state index >= 15 is 0 Å². The van der Waals surface area contributed by atoms with Crippen LogP contribution in [-0.4, -0.2) is 35.0 Å². The minimum absolute atomic E-state index is 0.0507. The third-order valence-electron chi connectivity index (χ3n) is 4.55. The van der Waals surface area contributed by atoms with Gasteiger partial charge in [-0.3, -0.25) is 9.59 Å². The molecule has 5 heteroatoms. The molecule has 24 heavy (non-hydrogen) atoms. The lowest BCUT2D eigenvalue weighted by atomic mass is 10.0. The monoisotopic (exact) mass is 325 g/mol. The second-order valence-corrected chi connectivity index (χ2v) is 6.16. The van der Waals surface area contributed by atoms with Crippen molar-refractivity contribution >= 4 is 5.91 Å². The molecule has 0 saturated carbocycles. The average molecular weight is 325 g/mol. The molecular formula is C19H23N3O2. The molecule has 0 aliphatic carbocycles. The second kappa shape index (κ2) is 7.45. The number of amides is 1. The quantitative estimate of drug-likeness (QED) is 0.931. The van der Waals surface area contributed by atoms with E-state index < -0.39 is 0 Å². The molecule has 1 aliphatic rings. The Morgan fingerprint density at radius 2 is 1.96 bits per heavy atom. The summed E-state index contributed by atoms with van der Waals surface area (Å²) in [4.78, 5) is 26.3. The molecule has 1 atom stereocenters. The van der Waals surface area contributed by atoms with Gasteiger partial charge in [0.15, 0.2) is 0 Å². The van der Waals surface area contributed by atoms with Crippen LogP contribution >= 0.6 is 0 Å². The van der Waals surface area contributed by atoms with Gasteiger partial charge in [-0.25, -0.2) is 0 Å². The van der Waals surface area contributed by atoms with Gasteiger partial charge in [0.25, 0.3) is 5.56 Å². The fraction of sp³-hybridized carbons (Fsp3) is 0.368. The van der Waals surface area contributed by atoms with E-state index in [0.29, 0.717) is 26.1 Å². The summed E-state index contributed by atoms with van der Waals surface area (Å²) in [5.41, 5.74) is 2.04. The zero-order valence-corrected chi connectivity index (χ0v) is 13.9. The van der Waals surface area contributed by atoms with Gasteiger partial charge in [0.05, 0.1) is 0 Å². The van der Waals surface area contributed by atoms with E-state index in [1.54, 1.807) is 10.6 Å². The number of carbonyl (C=O) groups is 1. The fourth-order valence-corrected chi connectivity index (χ4v) is 3.16. The van der Waals surface area contributed by atoms with Crippen LogP contribution in [-0.2, 0) is 11.3 Å². The van der Waals surface area contributed by atoms with Gasteiger partial charge in [0.2, 0.25) is 5.91 Å². The Kier molecular flexibility index (Phi) is 5.11. The molecular weight excluding hydrogens is 302 g/mol. The van der Waals surface area contributed by atoms with Crippen LogP contribution in [0.2, 0.25) is 0 Å². The highest BCUT2D eigenvalue weighted by molar-refractivity contribution is 5.76. The minimum atomic E-state index is -0.0507. The summed E-state index contributed by atoms with van der Waals surface area (Å²) in [7, 11) is 0. The highest BCUT2D eigenvalue weighted by Crippen LogP contribution is 2.17. The predicted octanol–water partition coefficient (Wildman–Crippen LogP) is 1.72. The molecule has 2 heterocycles. The fourth-order valence-electron chi connectivity index (χ4n) is 3.16. The number of aryl methyl sites for hydroxylation is 1. The topological polar surface area (TPSA) is 54.3 Å². The summed E-state index contributed by atoms with van der Waals surface area (Å²) in [5, 5.41) is 3.46. The van der Waals surface area contributed by atoms with Crippen molar-refractivity contribution in [3.8, 4) is 0 Å². The van der Waals surface area contributed by atoms with E-state index in [0.717, 1.165) is 12.2 Å². The highest BCUT2D eigenvalue weighted by atomic mass is 16.2. The van der Waals surface area contributed by atoms with E-state index in [-0.39, 0.29) is 17.5 Å². The molecule has 1 fully saturated rings. The van der Waals surface area contributed by atoms with Crippen molar-refractivity contribution in [2.45, 2.75) is 25.9 Å². The molecule has 0 spiro atoms. The third-order valence-corrected chi connectivity index (χ3v) is 4.55. The SMILES string of the molecule is Cc1cccc(=O)n1CCC(=O)N1CCN[C@@H](c2ccccc2)C1. The lowest BCUT2D eigenvalue weighted by Gasteiger charge is -2.34. The summed E-state index contributed by atoms with van der Waals surface area (Å²) >= 11 is 0. The van der Waals surface area contributed by atoms with Crippen molar-refractivity contribution in [3.05, 3.63) is 70.1 Å². The first-order chi connectivity index (χ1) is 11.6. The Balaban J connectivity index is 1.62. The smallest absolute Gasteiger partial charge is 0.250 e. The van der Waals surface area contributed by atoms with Crippen molar-refractivity contribution < 1.29 is 4.79 Å². The lowest BCUT2D eigenvalue weighted by Crippen LogP contribution is -2.48. The van der Waals surface area contributed by atoms with E-state index in [1.807, 2.05) is 36.1 Å². The molecule has 2 aromatic rings. The molecule has 1 amide bonds. The predicted molar refractivity (Wildman–Crippen MR) is 93.8 cm³/mol. The Hall–Kier alpha value is -2.40. The van der Waals surface area contributed by atoms with Gasteiger partial charge in [0, 0.05) is 50.4 Å². The van der Waals surface area contributed by atoms with Crippen LogP contribution in [0.25, 0.3) is 0 Å². The number of pyridine rings is 1. The van der Waals surface area contributed by atoms with E-state index in [2.05, 4.69) is 17.4 Å². The number of nitrogens with zero attached hydrogens (tertiary/aromatic N) is 2. The van der Waals surface area contributed by atoms with Gasteiger partial charge >= 0.3 is 0 Å². The molecule has 0 unspecified atom stereocenters. The first-order valence-corrected chi connectivity index (χ1v) is 8.38. The summed E-state index contributed by atoms with van der Waals surface area (Å²) < 4.78 is 1.66. The van der Waals surface area contributed by atoms with Crippen LogP contribution in [0.3, 0.4) is 0 Å². The Labute approximate surface area is 141 Å². The van der Waals surface area contributed by atoms with E-state index in [1.165, 1.54) is 11.6 Å². The van der Waals surface area contributed by atoms with Gasteiger partial charge < -0.3 is 14.8 Å². The van der Waals surface area contributed by atoms with Crippen LogP contribution < -0.4 is 10.9 Å². The van der Waals surface area contributed by atoms with Crippen molar-refractivity contribution in [3.63, 3.8) is 0 Å². The standard InChI is InChI=1S/C19H23N3O2/c1-15-6-5-9-19(24)22(15)12-10-18(23)21-13-11-20-17(14-21)16-7-3-2-4-8-16/h2-9,17,20H,10-14H2,1H3/t17-/m1/s1. The van der Waals surface area contributed by atoms with Gasteiger partial charge in [0.1, 0.15) is 0 Å². The van der Waals surface area contributed by atoms with Crippen molar-refractivity contribution in [2.24, 2.45) is 0 Å². The van der Waals surface area contributed by atoms with Crippen LogP contribution in [0.4, 0.5) is 0 Å². The number of hydrogen-bond donors (Lipinski definition) is 1. The van der Waals surface area contributed by atoms with Gasteiger partial charge in [-0.1, -0.05) is 36.4 Å². The normalized spacial score (nSPS) is 17.7. The number of benzene rings is 1. The Morgan fingerprint density at radius 3 is 2.71 bits per heavy atom. The first-order valence-electron chi connectivity index (χ1n) is 8.38. The number of piperazine rings is 1. The minimum Gasteiger partial charge on any atom is -0.339 e. The molecule has 126 valence electrons. The molecule has 1 aromatic heterocycles. The lowest BCUT2D eigenvalue weighted by molar-refractivity contribution is -0.132. The van der Waals surface area contributed by atoms with Gasteiger partial charge in [-0.2, -0.15) is 0 Å². The summed E-state index contributed by atoms with van der Waals surface area (Å²) in [5.74, 6) is 0.104. The maximum Gasteiger partial charge on any atom is 0.250 e. The molecule has 0 radical (unpaired) electrons. The third kappa shape index (κ3) is 3.74. The Morgan fingerprint density at radius 1 is 1.17 bits per heavy atom. The number of rotatable bonds is 4. The van der Waals surface area contributed by atoms with Crippen LogP contribution in [0.15, 0.2) is 53.3 Å². The number of hydrogen-bond acceptors (Lipinski definition) is 3. The molecule has 1 N–H and O–H groups in total. The Bertz CT molecular complexity index is 755. The molecule has 1 aromatic carbocycles. The van der Waals surface area contributed by atoms with Crippen LogP contribution in [0.5, 0.6) is 0 Å². The molecule has 1 saturated heterocycles. The number of aromatic nitrogens is 1. The maximum absolute atomic E-state index is 12.6. The van der Waals surface area contributed by atoms with E-state index in [4.69, 9.17) is 0 Å². The molecule has 0 bridgehead atoms. The van der Waals surface area contributed by atoms with Crippen molar-refractivity contribution in [1.82, 2.24) is 14.8 Å². The summed E-state index contributed by atoms with van der Waals surface area (Å²) in [6.45, 7) is 4.50. The van der Waals surface area contributed by atoms with Crippen molar-refractivity contribution in [2.75, 3.05) is 19.6 Å². The molecule has 1 aliphatic heterocycles. The van der Waals surface area contributed by atoms with E-state index in [9.17, 15) is 9.59 Å². The molecule has 3 rings (SSSR count). The molecule has 5 nitrogen and oxygen atoms in total. The van der Waals surface area contributed by atoms with Crippen LogP contribution in [0, 0.1) is 6.92 Å². The first kappa shape index (κ1) is 16.5. The average Bonchev–Trinajstić information content (AvgIpc) is 2.62. The van der Waals surface area contributed by atoms with Crippen molar-refractivity contribution in [1.29, 1.82) is 0 Å². The second-order valence-electron chi connectivity index (χ2n) is 6.16. The van der Waals surface area contributed by atoms with Gasteiger partial charge in [-0.05, 0) is 18.6 Å². The highest BCUT2D eigenvalue weighted by Gasteiger charge is 2.23. The summed E-state index contributed by atoms with van der Waals surface area (Å²) in [6, 6.07) is 15.5. The zero-order chi connectivity index (χ0) is 16.9. The largest absolute Gasteiger partial charge is 0.339 e. The maximum atomic E-state index is 12.6.